The molecule has 78 heavy (non-hydrogen) atoms. The zero-order valence-corrected chi connectivity index (χ0v) is 47.1. The van der Waals surface area contributed by atoms with E-state index in [1.54, 1.807) is 0 Å². The van der Waals surface area contributed by atoms with Crippen LogP contribution in [0.4, 0.5) is 34.1 Å². The van der Waals surface area contributed by atoms with E-state index in [4.69, 9.17) is 0 Å². The molecule has 0 aliphatic heterocycles. The minimum atomic E-state index is -0.0347. The maximum Gasteiger partial charge on any atom is 0.0561 e. The van der Waals surface area contributed by atoms with Gasteiger partial charge in [-0.2, -0.15) is 0 Å². The Labute approximate surface area is 462 Å². The Balaban J connectivity index is 1.26. The van der Waals surface area contributed by atoms with Gasteiger partial charge in [-0.15, -0.1) is 0 Å². The average molecular weight is 1010 g/mol. The molecule has 0 aromatic heterocycles. The standard InChI is InChI=1S/C76H68N2/c1-47-28-32-57(55-24-14-12-15-25-55)42-66(47)77(68-44-61(34-30-49(68)3)72-51(5)20-18-21-52(72)6)70-46-71(65-39-37-60-41-63(76(9,10)11)40-59-36-38-64(70)75(65)74(59)60)78(67-43-58(33-29-48(67)2)56-26-16-13-17-27-56)69-45-62(35-31-50(69)4)73-53(7)22-19-23-54(73)8/h12-46H,1-11H3. The molecular weight excluding hydrogens is 941 g/mol. The molecule has 0 amide bonds. The summed E-state index contributed by atoms with van der Waals surface area (Å²) >= 11 is 0. The second kappa shape index (κ2) is 19.7. The van der Waals surface area contributed by atoms with Gasteiger partial charge in [-0.25, -0.2) is 0 Å². The van der Waals surface area contributed by atoms with Crippen LogP contribution >= 0.6 is 0 Å². The van der Waals surface area contributed by atoms with Gasteiger partial charge in [0.25, 0.3) is 0 Å². The zero-order valence-electron chi connectivity index (χ0n) is 47.1. The summed E-state index contributed by atoms with van der Waals surface area (Å²) in [6.07, 6.45) is 0. The first kappa shape index (κ1) is 50.1. The lowest BCUT2D eigenvalue weighted by molar-refractivity contribution is 0.591. The minimum absolute atomic E-state index is 0.0347. The highest BCUT2D eigenvalue weighted by Crippen LogP contribution is 2.53. The molecule has 0 N–H and O–H groups in total. The van der Waals surface area contributed by atoms with E-state index in [9.17, 15) is 0 Å². The van der Waals surface area contributed by atoms with Gasteiger partial charge < -0.3 is 9.80 Å². The van der Waals surface area contributed by atoms with Crippen LogP contribution in [0.25, 0.3) is 76.8 Å². The number of nitrogens with zero attached hydrogens (tertiary/aromatic N) is 2. The number of aryl methyl sites for hydroxylation is 8. The van der Waals surface area contributed by atoms with E-state index in [1.165, 1.54) is 127 Å². The molecule has 0 unspecified atom stereocenters. The van der Waals surface area contributed by atoms with Crippen LogP contribution in [0, 0.1) is 55.4 Å². The van der Waals surface area contributed by atoms with Crippen molar-refractivity contribution in [1.82, 2.24) is 0 Å². The summed E-state index contributed by atoms with van der Waals surface area (Å²) in [5.74, 6) is 0. The molecule has 382 valence electrons. The zero-order chi connectivity index (χ0) is 54.1. The first-order valence-corrected chi connectivity index (χ1v) is 27.7. The summed E-state index contributed by atoms with van der Waals surface area (Å²) in [4.78, 5) is 5.21. The predicted molar refractivity (Wildman–Crippen MR) is 338 cm³/mol. The van der Waals surface area contributed by atoms with E-state index in [0.29, 0.717) is 0 Å². The van der Waals surface area contributed by atoms with Crippen molar-refractivity contribution < 1.29 is 0 Å². The molecule has 0 radical (unpaired) electrons. The molecule has 0 heterocycles. The van der Waals surface area contributed by atoms with Crippen molar-refractivity contribution in [3.8, 4) is 44.5 Å². The van der Waals surface area contributed by atoms with Crippen LogP contribution < -0.4 is 9.80 Å². The molecule has 12 aromatic carbocycles. The van der Waals surface area contributed by atoms with Gasteiger partial charge in [0.15, 0.2) is 0 Å². The van der Waals surface area contributed by atoms with Crippen LogP contribution in [0.15, 0.2) is 212 Å². The minimum Gasteiger partial charge on any atom is -0.309 e. The van der Waals surface area contributed by atoms with Crippen molar-refractivity contribution in [3.05, 3.63) is 262 Å². The highest BCUT2D eigenvalue weighted by molar-refractivity contribution is 6.29. The molecule has 0 saturated heterocycles. The second-order valence-electron chi connectivity index (χ2n) is 23.0. The van der Waals surface area contributed by atoms with Crippen molar-refractivity contribution in [2.45, 2.75) is 81.6 Å². The Bertz CT molecular complexity index is 3970. The lowest BCUT2D eigenvalue weighted by Gasteiger charge is -2.35. The molecule has 12 rings (SSSR count). The molecule has 0 spiro atoms. The normalized spacial score (nSPS) is 11.8. The van der Waals surface area contributed by atoms with Gasteiger partial charge in [-0.1, -0.05) is 203 Å². The summed E-state index contributed by atoms with van der Waals surface area (Å²) in [6.45, 7) is 25.1. The fourth-order valence-electron chi connectivity index (χ4n) is 12.3. The van der Waals surface area contributed by atoms with Gasteiger partial charge in [0.1, 0.15) is 0 Å². The largest absolute Gasteiger partial charge is 0.309 e. The maximum absolute atomic E-state index is 2.61. The van der Waals surface area contributed by atoms with E-state index in [-0.39, 0.29) is 5.41 Å². The third-order valence-electron chi connectivity index (χ3n) is 16.6. The van der Waals surface area contributed by atoms with Crippen LogP contribution in [0.2, 0.25) is 0 Å². The van der Waals surface area contributed by atoms with E-state index >= 15 is 0 Å². The number of benzene rings is 12. The van der Waals surface area contributed by atoms with Crippen LogP contribution in [-0.4, -0.2) is 0 Å². The first-order chi connectivity index (χ1) is 37.6. The van der Waals surface area contributed by atoms with E-state index in [2.05, 4.69) is 298 Å². The van der Waals surface area contributed by atoms with E-state index in [1.807, 2.05) is 0 Å². The van der Waals surface area contributed by atoms with Crippen molar-refractivity contribution >= 4 is 66.4 Å². The Morgan fingerprint density at radius 2 is 0.603 bits per heavy atom. The molecule has 0 atom stereocenters. The fraction of sp³-hybridized carbons (Fsp3) is 0.158. The van der Waals surface area contributed by atoms with Crippen molar-refractivity contribution in [1.29, 1.82) is 0 Å². The smallest absolute Gasteiger partial charge is 0.0561 e. The monoisotopic (exact) mass is 1010 g/mol. The number of rotatable bonds is 10. The molecular formula is C76H68N2. The van der Waals surface area contributed by atoms with Crippen LogP contribution in [0.1, 0.15) is 70.8 Å². The molecule has 2 heteroatoms. The topological polar surface area (TPSA) is 6.48 Å². The van der Waals surface area contributed by atoms with Crippen molar-refractivity contribution in [3.63, 3.8) is 0 Å². The van der Waals surface area contributed by atoms with Gasteiger partial charge in [-0.3, -0.25) is 0 Å². The molecule has 0 saturated carbocycles. The third kappa shape index (κ3) is 8.80. The molecule has 0 aliphatic carbocycles. The Morgan fingerprint density at radius 3 is 0.962 bits per heavy atom. The summed E-state index contributed by atoms with van der Waals surface area (Å²) < 4.78 is 0. The molecule has 2 nitrogen and oxygen atoms in total. The average Bonchev–Trinajstić information content (AvgIpc) is 3.63. The first-order valence-electron chi connectivity index (χ1n) is 27.7. The van der Waals surface area contributed by atoms with Crippen LogP contribution in [0.3, 0.4) is 0 Å². The summed E-state index contributed by atoms with van der Waals surface area (Å²) in [5, 5.41) is 7.45. The van der Waals surface area contributed by atoms with Gasteiger partial charge in [-0.05, 0) is 202 Å². The molecule has 0 bridgehead atoms. The lowest BCUT2D eigenvalue weighted by Crippen LogP contribution is -2.17. The van der Waals surface area contributed by atoms with E-state index < -0.39 is 0 Å². The molecule has 0 aliphatic rings. The van der Waals surface area contributed by atoms with Crippen molar-refractivity contribution in [2.24, 2.45) is 0 Å². The highest BCUT2D eigenvalue weighted by Gasteiger charge is 2.29. The highest BCUT2D eigenvalue weighted by atomic mass is 15.2. The quantitative estimate of drug-likeness (QED) is 0.126. The van der Waals surface area contributed by atoms with Crippen molar-refractivity contribution in [2.75, 3.05) is 9.80 Å². The fourth-order valence-corrected chi connectivity index (χ4v) is 12.3. The maximum atomic E-state index is 2.61. The molecule has 0 fully saturated rings. The Hall–Kier alpha value is -8.72. The second-order valence-corrected chi connectivity index (χ2v) is 23.0. The van der Waals surface area contributed by atoms with E-state index in [0.717, 1.165) is 34.1 Å². The SMILES string of the molecule is Cc1ccc(-c2ccccc2)cc1N(c1cc(-c2c(C)cccc2C)ccc1C)c1cc(N(c2cc(-c3ccccc3)ccc2C)c2cc(-c3c(C)cccc3C)ccc2C)c2ccc3cc(C(C)(C)C)cc4ccc1c2c43. The predicted octanol–water partition coefficient (Wildman–Crippen LogP) is 22.0. The Morgan fingerprint density at radius 1 is 0.256 bits per heavy atom. The number of anilines is 6. The van der Waals surface area contributed by atoms with Crippen LogP contribution in [0.5, 0.6) is 0 Å². The molecule has 12 aromatic rings. The van der Waals surface area contributed by atoms with Gasteiger partial charge in [0.2, 0.25) is 0 Å². The van der Waals surface area contributed by atoms with Gasteiger partial charge in [0.05, 0.1) is 11.4 Å². The van der Waals surface area contributed by atoms with Gasteiger partial charge >= 0.3 is 0 Å². The summed E-state index contributed by atoms with van der Waals surface area (Å²) in [6, 6.07) is 80.3. The summed E-state index contributed by atoms with van der Waals surface area (Å²) in [5.41, 5.74) is 27.6. The number of hydrogen-bond acceptors (Lipinski definition) is 2. The Kier molecular flexibility index (Phi) is 12.7. The van der Waals surface area contributed by atoms with Crippen LogP contribution in [-0.2, 0) is 5.41 Å². The third-order valence-corrected chi connectivity index (χ3v) is 16.6. The lowest BCUT2D eigenvalue weighted by atomic mass is 9.83. The van der Waals surface area contributed by atoms with Gasteiger partial charge in [0, 0.05) is 38.9 Å². The summed E-state index contributed by atoms with van der Waals surface area (Å²) in [7, 11) is 0. The number of hydrogen-bond donors (Lipinski definition) is 0.